The van der Waals surface area contributed by atoms with Crippen molar-refractivity contribution in [3.8, 4) is 0 Å². The standard InChI is InChI=1S/C9H17NO/c1-8-6-9(3-5-11-8)2-4-10-7-9/h8,10H,2-7H2,1H3. The van der Waals surface area contributed by atoms with E-state index in [1.807, 2.05) is 0 Å². The van der Waals surface area contributed by atoms with Crippen LogP contribution in [0.5, 0.6) is 0 Å². The Hall–Kier alpha value is -0.0800. The van der Waals surface area contributed by atoms with E-state index in [0.717, 1.165) is 6.61 Å². The predicted octanol–water partition coefficient (Wildman–Crippen LogP) is 1.17. The first-order valence-electron chi connectivity index (χ1n) is 4.63. The Morgan fingerprint density at radius 1 is 1.45 bits per heavy atom. The molecule has 2 fully saturated rings. The Morgan fingerprint density at radius 3 is 3.00 bits per heavy atom. The van der Waals surface area contributed by atoms with Crippen molar-refractivity contribution in [1.82, 2.24) is 5.32 Å². The Balaban J connectivity index is 2.00. The predicted molar refractivity (Wildman–Crippen MR) is 44.6 cm³/mol. The van der Waals surface area contributed by atoms with E-state index in [1.165, 1.54) is 32.4 Å². The van der Waals surface area contributed by atoms with E-state index in [9.17, 15) is 0 Å². The first kappa shape index (κ1) is 7.56. The van der Waals surface area contributed by atoms with Crippen molar-refractivity contribution in [3.05, 3.63) is 0 Å². The number of hydrogen-bond donors (Lipinski definition) is 1. The Kier molecular flexibility index (Phi) is 1.90. The van der Waals surface area contributed by atoms with Crippen LogP contribution in [0.25, 0.3) is 0 Å². The third-order valence-corrected chi connectivity index (χ3v) is 3.09. The van der Waals surface area contributed by atoms with E-state index >= 15 is 0 Å². The van der Waals surface area contributed by atoms with Crippen LogP contribution < -0.4 is 5.32 Å². The summed E-state index contributed by atoms with van der Waals surface area (Å²) >= 11 is 0. The van der Waals surface area contributed by atoms with E-state index in [-0.39, 0.29) is 0 Å². The molecule has 2 rings (SSSR count). The quantitative estimate of drug-likeness (QED) is 0.567. The molecule has 2 unspecified atom stereocenters. The van der Waals surface area contributed by atoms with Crippen molar-refractivity contribution < 1.29 is 4.74 Å². The van der Waals surface area contributed by atoms with Gasteiger partial charge in [0.05, 0.1) is 6.10 Å². The van der Waals surface area contributed by atoms with Crippen LogP contribution >= 0.6 is 0 Å². The lowest BCUT2D eigenvalue weighted by Crippen LogP contribution is -2.35. The molecular weight excluding hydrogens is 138 g/mol. The molecule has 1 N–H and O–H groups in total. The lowest BCUT2D eigenvalue weighted by atomic mass is 9.77. The molecule has 2 aliphatic heterocycles. The van der Waals surface area contributed by atoms with E-state index in [0.29, 0.717) is 11.5 Å². The molecule has 64 valence electrons. The number of ether oxygens (including phenoxy) is 1. The van der Waals surface area contributed by atoms with Crippen LogP contribution in [-0.2, 0) is 4.74 Å². The van der Waals surface area contributed by atoms with E-state index in [4.69, 9.17) is 4.74 Å². The van der Waals surface area contributed by atoms with Gasteiger partial charge in [-0.2, -0.15) is 0 Å². The van der Waals surface area contributed by atoms with Crippen molar-refractivity contribution in [3.63, 3.8) is 0 Å². The van der Waals surface area contributed by atoms with Crippen LogP contribution in [0.15, 0.2) is 0 Å². The summed E-state index contributed by atoms with van der Waals surface area (Å²) in [5.41, 5.74) is 0.609. The van der Waals surface area contributed by atoms with Gasteiger partial charge in [0.15, 0.2) is 0 Å². The summed E-state index contributed by atoms with van der Waals surface area (Å²) in [7, 11) is 0. The van der Waals surface area contributed by atoms with Gasteiger partial charge in [-0.05, 0) is 38.1 Å². The van der Waals surface area contributed by atoms with Gasteiger partial charge in [-0.15, -0.1) is 0 Å². The molecule has 0 aromatic heterocycles. The second-order valence-corrected chi connectivity index (χ2v) is 4.06. The molecule has 0 bridgehead atoms. The van der Waals surface area contributed by atoms with Gasteiger partial charge >= 0.3 is 0 Å². The van der Waals surface area contributed by atoms with Crippen LogP contribution in [0.1, 0.15) is 26.2 Å². The van der Waals surface area contributed by atoms with Crippen LogP contribution in [0.2, 0.25) is 0 Å². The summed E-state index contributed by atoms with van der Waals surface area (Å²) in [6.45, 7) is 5.61. The first-order valence-corrected chi connectivity index (χ1v) is 4.63. The summed E-state index contributed by atoms with van der Waals surface area (Å²) < 4.78 is 5.54. The molecule has 0 aromatic rings. The Morgan fingerprint density at radius 2 is 2.36 bits per heavy atom. The molecule has 2 aliphatic rings. The number of rotatable bonds is 0. The smallest absolute Gasteiger partial charge is 0.0552 e. The highest BCUT2D eigenvalue weighted by atomic mass is 16.5. The van der Waals surface area contributed by atoms with Gasteiger partial charge in [0.25, 0.3) is 0 Å². The molecule has 2 heteroatoms. The fourth-order valence-electron chi connectivity index (χ4n) is 2.43. The normalized spacial score (nSPS) is 45.0. The van der Waals surface area contributed by atoms with E-state index in [2.05, 4.69) is 12.2 Å². The Labute approximate surface area is 68.3 Å². The largest absolute Gasteiger partial charge is 0.378 e. The van der Waals surface area contributed by atoms with Crippen LogP contribution in [0, 0.1) is 5.41 Å². The highest BCUT2D eigenvalue weighted by Crippen LogP contribution is 2.38. The van der Waals surface area contributed by atoms with Crippen molar-refractivity contribution >= 4 is 0 Å². The maximum Gasteiger partial charge on any atom is 0.0552 e. The van der Waals surface area contributed by atoms with Gasteiger partial charge in [0.2, 0.25) is 0 Å². The second kappa shape index (κ2) is 2.76. The third kappa shape index (κ3) is 1.42. The van der Waals surface area contributed by atoms with Gasteiger partial charge in [-0.25, -0.2) is 0 Å². The highest BCUT2D eigenvalue weighted by molar-refractivity contribution is 4.91. The van der Waals surface area contributed by atoms with Crippen LogP contribution in [0.4, 0.5) is 0 Å². The van der Waals surface area contributed by atoms with Gasteiger partial charge in [0.1, 0.15) is 0 Å². The molecule has 1 spiro atoms. The minimum atomic E-state index is 0.489. The number of hydrogen-bond acceptors (Lipinski definition) is 2. The lowest BCUT2D eigenvalue weighted by Gasteiger charge is -2.36. The average Bonchev–Trinajstić information content (AvgIpc) is 2.37. The summed E-state index contributed by atoms with van der Waals surface area (Å²) in [5.74, 6) is 0. The summed E-state index contributed by atoms with van der Waals surface area (Å²) in [4.78, 5) is 0. The lowest BCUT2D eigenvalue weighted by molar-refractivity contribution is -0.0314. The van der Waals surface area contributed by atoms with Crippen LogP contribution in [-0.4, -0.2) is 25.8 Å². The summed E-state index contributed by atoms with van der Waals surface area (Å²) in [6.07, 6.45) is 4.38. The molecular formula is C9H17NO. The minimum Gasteiger partial charge on any atom is -0.378 e. The highest BCUT2D eigenvalue weighted by Gasteiger charge is 2.37. The molecule has 0 saturated carbocycles. The zero-order valence-electron chi connectivity index (χ0n) is 7.23. The average molecular weight is 155 g/mol. The van der Waals surface area contributed by atoms with Gasteiger partial charge < -0.3 is 10.1 Å². The fraction of sp³-hybridized carbons (Fsp3) is 1.00. The maximum atomic E-state index is 5.54. The molecule has 2 nitrogen and oxygen atoms in total. The molecule has 2 heterocycles. The SMILES string of the molecule is CC1CC2(CCNC2)CCO1. The first-order chi connectivity index (χ1) is 5.31. The summed E-state index contributed by atoms with van der Waals surface area (Å²) in [5, 5.41) is 3.45. The molecule has 0 amide bonds. The third-order valence-electron chi connectivity index (χ3n) is 3.09. The second-order valence-electron chi connectivity index (χ2n) is 4.06. The molecule has 0 aromatic carbocycles. The maximum absolute atomic E-state index is 5.54. The molecule has 2 atom stereocenters. The monoisotopic (exact) mass is 155 g/mol. The molecule has 0 aliphatic carbocycles. The van der Waals surface area contributed by atoms with E-state index < -0.39 is 0 Å². The van der Waals surface area contributed by atoms with E-state index in [1.54, 1.807) is 0 Å². The van der Waals surface area contributed by atoms with Crippen molar-refractivity contribution in [2.24, 2.45) is 5.41 Å². The van der Waals surface area contributed by atoms with Crippen molar-refractivity contribution in [2.75, 3.05) is 19.7 Å². The topological polar surface area (TPSA) is 21.3 Å². The summed E-state index contributed by atoms with van der Waals surface area (Å²) in [6, 6.07) is 0. The minimum absolute atomic E-state index is 0.489. The van der Waals surface area contributed by atoms with Crippen molar-refractivity contribution in [2.45, 2.75) is 32.3 Å². The number of nitrogens with one attached hydrogen (secondary N) is 1. The zero-order chi connectivity index (χ0) is 7.73. The van der Waals surface area contributed by atoms with Gasteiger partial charge in [0, 0.05) is 13.2 Å². The van der Waals surface area contributed by atoms with Gasteiger partial charge in [-0.3, -0.25) is 0 Å². The molecule has 2 saturated heterocycles. The van der Waals surface area contributed by atoms with Gasteiger partial charge in [-0.1, -0.05) is 0 Å². The molecule has 11 heavy (non-hydrogen) atoms. The van der Waals surface area contributed by atoms with Crippen molar-refractivity contribution in [1.29, 1.82) is 0 Å². The van der Waals surface area contributed by atoms with Crippen LogP contribution in [0.3, 0.4) is 0 Å². The molecule has 0 radical (unpaired) electrons. The fourth-order valence-corrected chi connectivity index (χ4v) is 2.43. The Bertz CT molecular complexity index is 140. The zero-order valence-corrected chi connectivity index (χ0v) is 7.23.